The number of ether oxygens (including phenoxy) is 1. The first-order valence-corrected chi connectivity index (χ1v) is 6.22. The van der Waals surface area contributed by atoms with Crippen molar-refractivity contribution < 1.29 is 14.3 Å². The van der Waals surface area contributed by atoms with Gasteiger partial charge in [-0.2, -0.15) is 0 Å². The summed E-state index contributed by atoms with van der Waals surface area (Å²) in [5.74, 6) is -0.415. The average Bonchev–Trinajstić information content (AvgIpc) is 2.31. The van der Waals surface area contributed by atoms with E-state index in [0.29, 0.717) is 24.6 Å². The lowest BCUT2D eigenvalue weighted by molar-refractivity contribution is -0.122. The quantitative estimate of drug-likeness (QED) is 0.550. The normalized spacial score (nSPS) is 10.5. The fourth-order valence-corrected chi connectivity index (χ4v) is 1.87. The molecule has 0 heterocycles. The van der Waals surface area contributed by atoms with E-state index >= 15 is 0 Å². The molecule has 20 heavy (non-hydrogen) atoms. The second-order valence-electron chi connectivity index (χ2n) is 4.38. The molecule has 1 aromatic rings. The molecule has 6 N–H and O–H groups in total. The summed E-state index contributed by atoms with van der Waals surface area (Å²) in [6, 6.07) is 5.21. The van der Waals surface area contributed by atoms with Crippen LogP contribution in [0.3, 0.4) is 0 Å². The van der Waals surface area contributed by atoms with Gasteiger partial charge < -0.3 is 21.9 Å². The van der Waals surface area contributed by atoms with Crippen LogP contribution in [0.5, 0.6) is 5.75 Å². The summed E-state index contributed by atoms with van der Waals surface area (Å²) in [7, 11) is 0. The number of primary amides is 2. The second-order valence-corrected chi connectivity index (χ2v) is 4.38. The second kappa shape index (κ2) is 7.34. The number of rotatable bonds is 8. The summed E-state index contributed by atoms with van der Waals surface area (Å²) in [4.78, 5) is 23.6. The predicted octanol–water partition coefficient (Wildman–Crippen LogP) is -0.560. The van der Waals surface area contributed by atoms with Crippen LogP contribution in [-0.4, -0.2) is 36.4 Å². The third-order valence-electron chi connectivity index (χ3n) is 2.54. The van der Waals surface area contributed by atoms with Crippen LogP contribution in [0.15, 0.2) is 18.2 Å². The van der Waals surface area contributed by atoms with E-state index in [9.17, 15) is 9.59 Å². The Morgan fingerprint density at radius 3 is 2.30 bits per heavy atom. The minimum absolute atomic E-state index is 0.0662. The molecule has 0 saturated carbocycles. The van der Waals surface area contributed by atoms with Crippen molar-refractivity contribution in [2.24, 2.45) is 11.5 Å². The van der Waals surface area contributed by atoms with E-state index < -0.39 is 11.8 Å². The monoisotopic (exact) mass is 280 g/mol. The van der Waals surface area contributed by atoms with Crippen molar-refractivity contribution in [3.8, 4) is 5.75 Å². The zero-order chi connectivity index (χ0) is 15.1. The number of carbonyl (C=O) groups is 2. The van der Waals surface area contributed by atoms with Crippen LogP contribution in [0.25, 0.3) is 0 Å². The maximum atomic E-state index is 11.0. The standard InChI is InChI=1S/C13H20N4O3/c1-2-20-11-4-3-10(14)5-9(11)6-17(7-12(15)18)8-13(16)19/h3-5H,2,6-8,14H2,1H3,(H2,15,18)(H2,16,19). The highest BCUT2D eigenvalue weighted by atomic mass is 16.5. The Balaban J connectivity index is 2.93. The highest BCUT2D eigenvalue weighted by molar-refractivity contribution is 5.79. The number of anilines is 1. The summed E-state index contributed by atoms with van der Waals surface area (Å²) in [5.41, 5.74) is 17.4. The van der Waals surface area contributed by atoms with E-state index in [1.54, 1.807) is 23.1 Å². The van der Waals surface area contributed by atoms with Crippen LogP contribution in [-0.2, 0) is 16.1 Å². The van der Waals surface area contributed by atoms with E-state index in [0.717, 1.165) is 5.56 Å². The summed E-state index contributed by atoms with van der Waals surface area (Å²) in [5, 5.41) is 0. The van der Waals surface area contributed by atoms with Gasteiger partial charge in [0.25, 0.3) is 0 Å². The molecule has 0 saturated heterocycles. The lowest BCUT2D eigenvalue weighted by Gasteiger charge is -2.21. The van der Waals surface area contributed by atoms with E-state index in [1.165, 1.54) is 0 Å². The number of hydrogen-bond acceptors (Lipinski definition) is 5. The zero-order valence-corrected chi connectivity index (χ0v) is 11.5. The number of amides is 2. The van der Waals surface area contributed by atoms with Gasteiger partial charge in [0.15, 0.2) is 0 Å². The third-order valence-corrected chi connectivity index (χ3v) is 2.54. The molecule has 110 valence electrons. The maximum Gasteiger partial charge on any atom is 0.231 e. The Bertz CT molecular complexity index is 475. The molecule has 7 heteroatoms. The number of benzene rings is 1. The van der Waals surface area contributed by atoms with Crippen molar-refractivity contribution in [1.82, 2.24) is 4.90 Å². The first-order valence-electron chi connectivity index (χ1n) is 6.22. The lowest BCUT2D eigenvalue weighted by Crippen LogP contribution is -2.39. The van der Waals surface area contributed by atoms with Crippen LogP contribution < -0.4 is 21.9 Å². The van der Waals surface area contributed by atoms with E-state index in [4.69, 9.17) is 21.9 Å². The zero-order valence-electron chi connectivity index (χ0n) is 11.5. The first kappa shape index (κ1) is 15.8. The molecular formula is C13H20N4O3. The molecule has 0 radical (unpaired) electrons. The van der Waals surface area contributed by atoms with E-state index in [1.807, 2.05) is 6.92 Å². The number of nitrogens with two attached hydrogens (primary N) is 3. The number of nitrogen functional groups attached to an aromatic ring is 1. The first-order chi connectivity index (χ1) is 9.42. The van der Waals surface area contributed by atoms with Crippen LogP contribution in [0, 0.1) is 0 Å². The van der Waals surface area contributed by atoms with Gasteiger partial charge in [-0.3, -0.25) is 14.5 Å². The Kier molecular flexibility index (Phi) is 5.79. The van der Waals surface area contributed by atoms with Gasteiger partial charge >= 0.3 is 0 Å². The number of nitrogens with zero attached hydrogens (tertiary/aromatic N) is 1. The van der Waals surface area contributed by atoms with Crippen molar-refractivity contribution >= 4 is 17.5 Å². The Morgan fingerprint density at radius 2 is 1.80 bits per heavy atom. The molecular weight excluding hydrogens is 260 g/mol. The predicted molar refractivity (Wildman–Crippen MR) is 75.7 cm³/mol. The van der Waals surface area contributed by atoms with Crippen LogP contribution in [0.2, 0.25) is 0 Å². The molecule has 0 aliphatic carbocycles. The van der Waals surface area contributed by atoms with Gasteiger partial charge in [0.1, 0.15) is 5.75 Å². The van der Waals surface area contributed by atoms with Gasteiger partial charge in [-0.15, -0.1) is 0 Å². The Morgan fingerprint density at radius 1 is 1.20 bits per heavy atom. The molecule has 0 aromatic heterocycles. The Labute approximate surface area is 117 Å². The largest absolute Gasteiger partial charge is 0.494 e. The van der Waals surface area contributed by atoms with E-state index in [2.05, 4.69) is 0 Å². The summed E-state index contributed by atoms with van der Waals surface area (Å²) in [6.45, 7) is 2.53. The van der Waals surface area contributed by atoms with Crippen molar-refractivity contribution in [1.29, 1.82) is 0 Å². The van der Waals surface area contributed by atoms with Gasteiger partial charge in [0.05, 0.1) is 19.7 Å². The van der Waals surface area contributed by atoms with E-state index in [-0.39, 0.29) is 13.1 Å². The van der Waals surface area contributed by atoms with Gasteiger partial charge in [-0.1, -0.05) is 0 Å². The summed E-state index contributed by atoms with van der Waals surface area (Å²) in [6.07, 6.45) is 0. The highest BCUT2D eigenvalue weighted by Crippen LogP contribution is 2.23. The molecule has 0 atom stereocenters. The van der Waals surface area contributed by atoms with Crippen LogP contribution in [0.4, 0.5) is 5.69 Å². The molecule has 0 spiro atoms. The molecule has 7 nitrogen and oxygen atoms in total. The van der Waals surface area contributed by atoms with Crippen molar-refractivity contribution in [3.05, 3.63) is 23.8 Å². The van der Waals surface area contributed by atoms with Gasteiger partial charge in [-0.05, 0) is 25.1 Å². The van der Waals surface area contributed by atoms with Crippen molar-refractivity contribution in [2.45, 2.75) is 13.5 Å². The lowest BCUT2D eigenvalue weighted by atomic mass is 10.1. The molecule has 2 amide bonds. The minimum Gasteiger partial charge on any atom is -0.494 e. The Hall–Kier alpha value is -2.28. The molecule has 0 unspecified atom stereocenters. The van der Waals surface area contributed by atoms with Crippen molar-refractivity contribution in [3.63, 3.8) is 0 Å². The average molecular weight is 280 g/mol. The SMILES string of the molecule is CCOc1ccc(N)cc1CN(CC(N)=O)CC(N)=O. The molecule has 0 aliphatic rings. The number of carbonyl (C=O) groups excluding carboxylic acids is 2. The topological polar surface area (TPSA) is 125 Å². The third kappa shape index (κ3) is 5.15. The summed E-state index contributed by atoms with van der Waals surface area (Å²) < 4.78 is 5.49. The van der Waals surface area contributed by atoms with Crippen molar-refractivity contribution in [2.75, 3.05) is 25.4 Å². The fourth-order valence-electron chi connectivity index (χ4n) is 1.87. The fraction of sp³-hybridized carbons (Fsp3) is 0.385. The van der Waals surface area contributed by atoms with Gasteiger partial charge in [0.2, 0.25) is 11.8 Å². The van der Waals surface area contributed by atoms with Gasteiger partial charge in [0, 0.05) is 17.8 Å². The maximum absolute atomic E-state index is 11.0. The molecule has 0 fully saturated rings. The number of hydrogen-bond donors (Lipinski definition) is 3. The molecule has 1 rings (SSSR count). The van der Waals surface area contributed by atoms with Gasteiger partial charge in [-0.25, -0.2) is 0 Å². The molecule has 0 aliphatic heterocycles. The molecule has 1 aromatic carbocycles. The highest BCUT2D eigenvalue weighted by Gasteiger charge is 2.14. The van der Waals surface area contributed by atoms with Crippen LogP contribution >= 0.6 is 0 Å². The minimum atomic E-state index is -0.534. The molecule has 0 bridgehead atoms. The smallest absolute Gasteiger partial charge is 0.231 e. The van der Waals surface area contributed by atoms with Crippen LogP contribution in [0.1, 0.15) is 12.5 Å². The summed E-state index contributed by atoms with van der Waals surface area (Å²) >= 11 is 0.